The van der Waals surface area contributed by atoms with Crippen LogP contribution in [0.15, 0.2) is 45.7 Å². The molecule has 3 aromatic rings. The Morgan fingerprint density at radius 2 is 2.15 bits per heavy atom. The van der Waals surface area contributed by atoms with E-state index in [-0.39, 0.29) is 17.6 Å². The van der Waals surface area contributed by atoms with Crippen LogP contribution < -0.4 is 15.6 Å². The molecule has 140 valence electrons. The fourth-order valence-electron chi connectivity index (χ4n) is 3.04. The van der Waals surface area contributed by atoms with Crippen molar-refractivity contribution in [2.24, 2.45) is 0 Å². The molecular weight excluding hydrogens is 350 g/mol. The van der Waals surface area contributed by atoms with Crippen LogP contribution in [0.1, 0.15) is 11.9 Å². The van der Waals surface area contributed by atoms with Crippen LogP contribution in [0, 0.1) is 6.92 Å². The van der Waals surface area contributed by atoms with Crippen molar-refractivity contribution in [1.82, 2.24) is 19.9 Å². The molecule has 4 rings (SSSR count). The average molecular weight is 369 g/mol. The maximum absolute atomic E-state index is 12.5. The fraction of sp³-hybridized carbons (Fsp3) is 0.333. The Morgan fingerprint density at radius 3 is 2.93 bits per heavy atom. The summed E-state index contributed by atoms with van der Waals surface area (Å²) in [7, 11) is 1.61. The molecule has 27 heavy (non-hydrogen) atoms. The van der Waals surface area contributed by atoms with Crippen molar-refractivity contribution in [2.45, 2.75) is 19.0 Å². The predicted octanol–water partition coefficient (Wildman–Crippen LogP) is 1.66. The molecule has 2 aromatic heterocycles. The molecule has 2 atom stereocenters. The van der Waals surface area contributed by atoms with Gasteiger partial charge in [-0.05, 0) is 25.1 Å². The standard InChI is InChI=1S/C18H19N5O4/c1-11-19-18(27-22-11)20-15-9-26-10-16(15)23-17(24)7-6-14(21-23)12-4-3-5-13(8-12)25-2/h3-8,15-16H,9-10H2,1-2H3,(H,19,20,22). The number of nitrogens with one attached hydrogen (secondary N) is 1. The van der Waals surface area contributed by atoms with Crippen LogP contribution in [0.4, 0.5) is 6.01 Å². The Morgan fingerprint density at radius 1 is 1.26 bits per heavy atom. The van der Waals surface area contributed by atoms with Crippen LogP contribution in [0.3, 0.4) is 0 Å². The van der Waals surface area contributed by atoms with E-state index >= 15 is 0 Å². The van der Waals surface area contributed by atoms with E-state index in [1.54, 1.807) is 20.1 Å². The van der Waals surface area contributed by atoms with Gasteiger partial charge in [0, 0.05) is 11.6 Å². The summed E-state index contributed by atoms with van der Waals surface area (Å²) >= 11 is 0. The van der Waals surface area contributed by atoms with Crippen LogP contribution >= 0.6 is 0 Å². The highest BCUT2D eigenvalue weighted by molar-refractivity contribution is 5.60. The van der Waals surface area contributed by atoms with E-state index in [4.69, 9.17) is 14.0 Å². The predicted molar refractivity (Wildman–Crippen MR) is 96.8 cm³/mol. The molecule has 9 heteroatoms. The lowest BCUT2D eigenvalue weighted by Gasteiger charge is -2.19. The Hall–Kier alpha value is -3.20. The van der Waals surface area contributed by atoms with Crippen molar-refractivity contribution >= 4 is 6.01 Å². The summed E-state index contributed by atoms with van der Waals surface area (Å²) < 4.78 is 17.4. The molecule has 1 aliphatic heterocycles. The van der Waals surface area contributed by atoms with Crippen molar-refractivity contribution in [3.05, 3.63) is 52.6 Å². The minimum absolute atomic E-state index is 0.203. The smallest absolute Gasteiger partial charge is 0.321 e. The molecule has 1 N–H and O–H groups in total. The minimum atomic E-state index is -0.296. The second-order valence-electron chi connectivity index (χ2n) is 6.24. The first-order valence-corrected chi connectivity index (χ1v) is 8.53. The van der Waals surface area contributed by atoms with Crippen molar-refractivity contribution in [3.63, 3.8) is 0 Å². The number of aromatic nitrogens is 4. The first kappa shape index (κ1) is 17.2. The van der Waals surface area contributed by atoms with E-state index in [2.05, 4.69) is 20.6 Å². The molecule has 0 amide bonds. The molecule has 0 bridgehead atoms. The number of aryl methyl sites for hydroxylation is 1. The number of hydrogen-bond acceptors (Lipinski definition) is 8. The monoisotopic (exact) mass is 369 g/mol. The number of methoxy groups -OCH3 is 1. The SMILES string of the molecule is COc1cccc(-c2ccc(=O)n(C3COCC3Nc3nc(C)no3)n2)c1. The van der Waals surface area contributed by atoms with Crippen molar-refractivity contribution in [3.8, 4) is 17.0 Å². The van der Waals surface area contributed by atoms with E-state index in [0.717, 1.165) is 11.3 Å². The molecule has 0 saturated carbocycles. The quantitative estimate of drug-likeness (QED) is 0.724. The fourth-order valence-corrected chi connectivity index (χ4v) is 3.04. The molecule has 0 aliphatic carbocycles. The van der Waals surface area contributed by atoms with Crippen molar-refractivity contribution in [1.29, 1.82) is 0 Å². The van der Waals surface area contributed by atoms with E-state index in [0.29, 0.717) is 30.7 Å². The molecule has 1 fully saturated rings. The largest absolute Gasteiger partial charge is 0.497 e. The van der Waals surface area contributed by atoms with Crippen molar-refractivity contribution in [2.75, 3.05) is 25.6 Å². The summed E-state index contributed by atoms with van der Waals surface area (Å²) in [6, 6.07) is 10.5. The zero-order chi connectivity index (χ0) is 18.8. The highest BCUT2D eigenvalue weighted by Gasteiger charge is 2.32. The maximum Gasteiger partial charge on any atom is 0.321 e. The Labute approximate surface area is 154 Å². The maximum atomic E-state index is 12.5. The first-order chi connectivity index (χ1) is 13.1. The van der Waals surface area contributed by atoms with E-state index in [9.17, 15) is 4.79 Å². The summed E-state index contributed by atoms with van der Waals surface area (Å²) in [5.41, 5.74) is 1.33. The van der Waals surface area contributed by atoms with Gasteiger partial charge >= 0.3 is 6.01 Å². The van der Waals surface area contributed by atoms with Crippen LogP contribution in [0.2, 0.25) is 0 Å². The van der Waals surface area contributed by atoms with E-state index in [1.165, 1.54) is 10.7 Å². The van der Waals surface area contributed by atoms with Gasteiger partial charge in [-0.25, -0.2) is 4.68 Å². The lowest BCUT2D eigenvalue weighted by molar-refractivity contribution is 0.182. The van der Waals surface area contributed by atoms with Gasteiger partial charge in [0.05, 0.1) is 32.1 Å². The van der Waals surface area contributed by atoms with E-state index < -0.39 is 0 Å². The molecule has 0 radical (unpaired) electrons. The number of benzene rings is 1. The zero-order valence-electron chi connectivity index (χ0n) is 15.0. The number of nitrogens with zero attached hydrogens (tertiary/aromatic N) is 4. The van der Waals surface area contributed by atoms with Crippen LogP contribution in [0.5, 0.6) is 5.75 Å². The second kappa shape index (κ2) is 7.20. The molecular formula is C18H19N5O4. The Bertz CT molecular complexity index is 999. The zero-order valence-corrected chi connectivity index (χ0v) is 15.0. The third kappa shape index (κ3) is 3.54. The Kier molecular flexibility index (Phi) is 4.59. The van der Waals surface area contributed by atoms with Crippen LogP contribution in [-0.2, 0) is 4.74 Å². The van der Waals surface area contributed by atoms with Gasteiger partial charge in [0.15, 0.2) is 5.82 Å². The van der Waals surface area contributed by atoms with E-state index in [1.807, 2.05) is 24.3 Å². The molecule has 2 unspecified atom stereocenters. The highest BCUT2D eigenvalue weighted by atomic mass is 16.5. The number of ether oxygens (including phenoxy) is 2. The minimum Gasteiger partial charge on any atom is -0.497 e. The number of rotatable bonds is 5. The average Bonchev–Trinajstić information content (AvgIpc) is 3.31. The van der Waals surface area contributed by atoms with Gasteiger partial charge in [-0.15, -0.1) is 0 Å². The lowest BCUT2D eigenvalue weighted by atomic mass is 10.1. The van der Waals surface area contributed by atoms with Gasteiger partial charge in [-0.3, -0.25) is 4.79 Å². The molecule has 0 spiro atoms. The highest BCUT2D eigenvalue weighted by Crippen LogP contribution is 2.24. The summed E-state index contributed by atoms with van der Waals surface area (Å²) in [5, 5.41) is 11.4. The summed E-state index contributed by atoms with van der Waals surface area (Å²) in [6.07, 6.45) is 0. The second-order valence-corrected chi connectivity index (χ2v) is 6.24. The third-order valence-electron chi connectivity index (χ3n) is 4.39. The number of hydrogen-bond donors (Lipinski definition) is 1. The molecule has 3 heterocycles. The van der Waals surface area contributed by atoms with Gasteiger partial charge in [-0.2, -0.15) is 10.1 Å². The van der Waals surface area contributed by atoms with Crippen molar-refractivity contribution < 1.29 is 14.0 Å². The molecule has 9 nitrogen and oxygen atoms in total. The summed E-state index contributed by atoms with van der Waals surface area (Å²) in [6.45, 7) is 2.50. The summed E-state index contributed by atoms with van der Waals surface area (Å²) in [4.78, 5) is 16.6. The third-order valence-corrected chi connectivity index (χ3v) is 4.39. The topological polar surface area (TPSA) is 104 Å². The van der Waals surface area contributed by atoms with Crippen LogP contribution in [0.25, 0.3) is 11.3 Å². The van der Waals surface area contributed by atoms with Gasteiger partial charge in [-0.1, -0.05) is 17.3 Å². The van der Waals surface area contributed by atoms with Gasteiger partial charge in [0.25, 0.3) is 5.56 Å². The first-order valence-electron chi connectivity index (χ1n) is 8.53. The normalized spacial score (nSPS) is 19.2. The summed E-state index contributed by atoms with van der Waals surface area (Å²) in [5.74, 6) is 1.26. The van der Waals surface area contributed by atoms with Gasteiger partial charge < -0.3 is 19.3 Å². The molecule has 1 aromatic carbocycles. The molecule has 1 saturated heterocycles. The van der Waals surface area contributed by atoms with Gasteiger partial charge in [0.1, 0.15) is 11.8 Å². The molecule has 1 aliphatic rings. The number of anilines is 1. The van der Waals surface area contributed by atoms with Gasteiger partial charge in [0.2, 0.25) is 0 Å². The lowest BCUT2D eigenvalue weighted by Crippen LogP contribution is -2.37. The Balaban J connectivity index is 1.65. The van der Waals surface area contributed by atoms with Crippen LogP contribution in [-0.4, -0.2) is 46.3 Å².